The first-order valence-corrected chi connectivity index (χ1v) is 9.04. The van der Waals surface area contributed by atoms with E-state index in [1.807, 2.05) is 11.0 Å². The van der Waals surface area contributed by atoms with Crippen molar-refractivity contribution in [2.24, 2.45) is 0 Å². The highest BCUT2D eigenvalue weighted by atomic mass is 16.2. The summed E-state index contributed by atoms with van der Waals surface area (Å²) in [4.78, 5) is 33.5. The van der Waals surface area contributed by atoms with Crippen LogP contribution in [0.15, 0.2) is 12.1 Å². The third-order valence-corrected chi connectivity index (χ3v) is 4.93. The Morgan fingerprint density at radius 1 is 1.32 bits per heavy atom. The van der Waals surface area contributed by atoms with E-state index in [4.69, 9.17) is 0 Å². The van der Waals surface area contributed by atoms with Gasteiger partial charge in [0.15, 0.2) is 0 Å². The fraction of sp³-hybridized carbons (Fsp3) is 0.526. The lowest BCUT2D eigenvalue weighted by molar-refractivity contribution is -0.133. The number of aromatic nitrogens is 2. The van der Waals surface area contributed by atoms with E-state index in [9.17, 15) is 9.59 Å². The largest absolute Gasteiger partial charge is 0.349 e. The van der Waals surface area contributed by atoms with Crippen LogP contribution in [0.4, 0.5) is 0 Å². The maximum atomic E-state index is 12.0. The zero-order valence-electron chi connectivity index (χ0n) is 15.0. The molecule has 0 unspecified atom stereocenters. The van der Waals surface area contributed by atoms with Crippen LogP contribution in [0.1, 0.15) is 49.1 Å². The molecule has 0 atom stereocenters. The highest BCUT2D eigenvalue weighted by Crippen LogP contribution is 2.19. The van der Waals surface area contributed by atoms with Gasteiger partial charge in [-0.05, 0) is 50.3 Å². The fourth-order valence-electron chi connectivity index (χ4n) is 3.25. The Hall–Kier alpha value is -2.37. The average molecular weight is 342 g/mol. The molecule has 2 aromatic rings. The van der Waals surface area contributed by atoms with E-state index in [0.717, 1.165) is 41.8 Å². The molecule has 3 rings (SSSR count). The minimum Gasteiger partial charge on any atom is -0.349 e. The van der Waals surface area contributed by atoms with Gasteiger partial charge in [0.05, 0.1) is 17.6 Å². The maximum absolute atomic E-state index is 12.0. The zero-order chi connectivity index (χ0) is 17.8. The molecule has 1 aliphatic heterocycles. The summed E-state index contributed by atoms with van der Waals surface area (Å²) in [7, 11) is 0. The summed E-state index contributed by atoms with van der Waals surface area (Å²) in [6.45, 7) is 6.03. The molecule has 2 N–H and O–H groups in total. The SMILES string of the molecule is Cc1ccc2[nH]c(CNC(=O)CCCN3CCCCC3=O)nc2c1C. The smallest absolute Gasteiger partial charge is 0.222 e. The Balaban J connectivity index is 1.46. The van der Waals surface area contributed by atoms with Gasteiger partial charge in [-0.1, -0.05) is 6.07 Å². The quantitative estimate of drug-likeness (QED) is 0.847. The number of H-pyrrole nitrogens is 1. The van der Waals surface area contributed by atoms with E-state index in [1.165, 1.54) is 5.56 Å². The third kappa shape index (κ3) is 4.18. The van der Waals surface area contributed by atoms with Crippen molar-refractivity contribution in [3.63, 3.8) is 0 Å². The number of carbonyl (C=O) groups excluding carboxylic acids is 2. The van der Waals surface area contributed by atoms with E-state index < -0.39 is 0 Å². The molecule has 6 nitrogen and oxygen atoms in total. The van der Waals surface area contributed by atoms with Gasteiger partial charge in [0.1, 0.15) is 5.82 Å². The predicted octanol–water partition coefficient (Wildman–Crippen LogP) is 2.59. The molecule has 1 aliphatic rings. The van der Waals surface area contributed by atoms with Gasteiger partial charge in [0, 0.05) is 25.9 Å². The monoisotopic (exact) mass is 342 g/mol. The minimum absolute atomic E-state index is 0.00202. The lowest BCUT2D eigenvalue weighted by Crippen LogP contribution is -2.36. The summed E-state index contributed by atoms with van der Waals surface area (Å²) in [6, 6.07) is 4.09. The first-order chi connectivity index (χ1) is 12.0. The van der Waals surface area contributed by atoms with E-state index in [-0.39, 0.29) is 11.8 Å². The van der Waals surface area contributed by atoms with E-state index in [1.54, 1.807) is 0 Å². The van der Waals surface area contributed by atoms with Gasteiger partial charge in [0.25, 0.3) is 0 Å². The zero-order valence-corrected chi connectivity index (χ0v) is 15.0. The Labute approximate surface area is 148 Å². The lowest BCUT2D eigenvalue weighted by atomic mass is 10.1. The molecule has 1 aromatic heterocycles. The number of nitrogens with zero attached hydrogens (tertiary/aromatic N) is 2. The topological polar surface area (TPSA) is 78.1 Å². The van der Waals surface area contributed by atoms with Crippen molar-refractivity contribution in [3.05, 3.63) is 29.1 Å². The van der Waals surface area contributed by atoms with Gasteiger partial charge in [-0.3, -0.25) is 9.59 Å². The Kier molecular flexibility index (Phi) is 5.36. The second kappa shape index (κ2) is 7.68. The Bertz CT molecular complexity index is 781. The molecular formula is C19H26N4O2. The standard InChI is InChI=1S/C19H26N4O2/c1-13-8-9-15-19(14(13)2)22-16(21-15)12-20-17(24)6-5-11-23-10-4-3-7-18(23)25/h8-9H,3-7,10-12H2,1-2H3,(H,20,24)(H,21,22). The molecule has 0 spiro atoms. The molecule has 0 radical (unpaired) electrons. The third-order valence-electron chi connectivity index (χ3n) is 4.93. The van der Waals surface area contributed by atoms with E-state index in [0.29, 0.717) is 32.4 Å². The molecule has 0 bridgehead atoms. The number of carbonyl (C=O) groups is 2. The number of imidazole rings is 1. The van der Waals surface area contributed by atoms with Gasteiger partial charge in [-0.15, -0.1) is 0 Å². The normalized spacial score (nSPS) is 15.0. The van der Waals surface area contributed by atoms with Crippen LogP contribution in [-0.2, 0) is 16.1 Å². The molecule has 134 valence electrons. The number of fused-ring (bicyclic) bond motifs is 1. The summed E-state index contributed by atoms with van der Waals surface area (Å²) in [5.41, 5.74) is 4.34. The molecule has 0 aliphatic carbocycles. The molecule has 1 aromatic carbocycles. The van der Waals surface area contributed by atoms with Crippen LogP contribution in [0.2, 0.25) is 0 Å². The predicted molar refractivity (Wildman–Crippen MR) is 97.1 cm³/mol. The van der Waals surface area contributed by atoms with E-state index in [2.05, 4.69) is 35.2 Å². The molecule has 25 heavy (non-hydrogen) atoms. The number of amides is 2. The molecule has 1 saturated heterocycles. The van der Waals surface area contributed by atoms with Crippen LogP contribution in [0.5, 0.6) is 0 Å². The van der Waals surface area contributed by atoms with Gasteiger partial charge < -0.3 is 15.2 Å². The summed E-state index contributed by atoms with van der Waals surface area (Å²) in [5, 5.41) is 2.91. The van der Waals surface area contributed by atoms with Crippen LogP contribution in [-0.4, -0.2) is 39.8 Å². The molecule has 0 saturated carbocycles. The van der Waals surface area contributed by atoms with Crippen molar-refractivity contribution in [1.82, 2.24) is 20.2 Å². The van der Waals surface area contributed by atoms with Crippen molar-refractivity contribution >= 4 is 22.8 Å². The van der Waals surface area contributed by atoms with Gasteiger partial charge in [-0.2, -0.15) is 0 Å². The van der Waals surface area contributed by atoms with Crippen molar-refractivity contribution in [2.45, 2.75) is 52.5 Å². The van der Waals surface area contributed by atoms with Crippen molar-refractivity contribution in [2.75, 3.05) is 13.1 Å². The van der Waals surface area contributed by atoms with Crippen molar-refractivity contribution < 1.29 is 9.59 Å². The number of nitrogens with one attached hydrogen (secondary N) is 2. The van der Waals surface area contributed by atoms with Crippen LogP contribution in [0.25, 0.3) is 11.0 Å². The van der Waals surface area contributed by atoms with Crippen LogP contribution < -0.4 is 5.32 Å². The van der Waals surface area contributed by atoms with Crippen LogP contribution >= 0.6 is 0 Å². The number of likely N-dealkylation sites (tertiary alicyclic amines) is 1. The second-order valence-corrected chi connectivity index (χ2v) is 6.81. The van der Waals surface area contributed by atoms with Crippen LogP contribution in [0.3, 0.4) is 0 Å². The molecule has 6 heteroatoms. The summed E-state index contributed by atoms with van der Waals surface area (Å²) in [6.07, 6.45) is 3.85. The van der Waals surface area contributed by atoms with Gasteiger partial charge in [-0.25, -0.2) is 4.98 Å². The summed E-state index contributed by atoms with van der Waals surface area (Å²) < 4.78 is 0. The number of hydrogen-bond acceptors (Lipinski definition) is 3. The first kappa shape index (κ1) is 17.5. The molecule has 2 amide bonds. The fourth-order valence-corrected chi connectivity index (χ4v) is 3.25. The lowest BCUT2D eigenvalue weighted by Gasteiger charge is -2.26. The Morgan fingerprint density at radius 3 is 2.96 bits per heavy atom. The number of aryl methyl sites for hydroxylation is 2. The van der Waals surface area contributed by atoms with E-state index >= 15 is 0 Å². The van der Waals surface area contributed by atoms with Crippen LogP contribution in [0, 0.1) is 13.8 Å². The molecule has 2 heterocycles. The highest BCUT2D eigenvalue weighted by molar-refractivity contribution is 5.80. The molecule has 1 fully saturated rings. The Morgan fingerprint density at radius 2 is 2.16 bits per heavy atom. The summed E-state index contributed by atoms with van der Waals surface area (Å²) >= 11 is 0. The number of benzene rings is 1. The van der Waals surface area contributed by atoms with Gasteiger partial charge in [0.2, 0.25) is 11.8 Å². The second-order valence-electron chi connectivity index (χ2n) is 6.81. The first-order valence-electron chi connectivity index (χ1n) is 9.04. The number of aromatic amines is 1. The highest BCUT2D eigenvalue weighted by Gasteiger charge is 2.17. The number of piperidine rings is 1. The number of rotatable bonds is 6. The minimum atomic E-state index is -0.00202. The number of hydrogen-bond donors (Lipinski definition) is 2. The maximum Gasteiger partial charge on any atom is 0.222 e. The van der Waals surface area contributed by atoms with Crippen molar-refractivity contribution in [1.29, 1.82) is 0 Å². The molecular weight excluding hydrogens is 316 g/mol. The van der Waals surface area contributed by atoms with Crippen molar-refractivity contribution in [3.8, 4) is 0 Å². The average Bonchev–Trinajstić information content (AvgIpc) is 3.02. The van der Waals surface area contributed by atoms with Gasteiger partial charge >= 0.3 is 0 Å². The summed E-state index contributed by atoms with van der Waals surface area (Å²) in [5.74, 6) is 0.987.